The number of carbonyl (C=O) groups excluding carboxylic acids is 1. The lowest BCUT2D eigenvalue weighted by Crippen LogP contribution is -2.14. The van der Waals surface area contributed by atoms with Gasteiger partial charge in [0.05, 0.1) is 0 Å². The molecule has 1 nitrogen and oxygen atoms in total. The van der Waals surface area contributed by atoms with Crippen LogP contribution in [0.3, 0.4) is 0 Å². The molecule has 1 rings (SSSR count). The number of rotatable bonds is 2. The molecular weight excluding hydrogens is 124 g/mol. The van der Waals surface area contributed by atoms with E-state index >= 15 is 0 Å². The van der Waals surface area contributed by atoms with Gasteiger partial charge in [-0.15, -0.1) is 0 Å². The van der Waals surface area contributed by atoms with Crippen LogP contribution in [0.5, 0.6) is 0 Å². The first-order valence-electron chi connectivity index (χ1n) is 4.21. The summed E-state index contributed by atoms with van der Waals surface area (Å²) in [6.07, 6.45) is 5.01. The third-order valence-electron chi connectivity index (χ3n) is 2.82. The third kappa shape index (κ3) is 1.39. The fourth-order valence-corrected chi connectivity index (χ4v) is 2.06. The summed E-state index contributed by atoms with van der Waals surface area (Å²) in [4.78, 5) is 10.4. The van der Waals surface area contributed by atoms with Gasteiger partial charge in [-0.05, 0) is 18.3 Å². The van der Waals surface area contributed by atoms with Gasteiger partial charge < -0.3 is 4.79 Å². The van der Waals surface area contributed by atoms with Crippen molar-refractivity contribution in [1.82, 2.24) is 0 Å². The fraction of sp³-hybridized carbons (Fsp3) is 0.889. The van der Waals surface area contributed by atoms with E-state index in [1.165, 1.54) is 19.3 Å². The molecule has 0 spiro atoms. The second-order valence-electron chi connectivity index (χ2n) is 3.57. The molecule has 1 aliphatic carbocycles. The molecule has 0 aromatic carbocycles. The van der Waals surface area contributed by atoms with Gasteiger partial charge in [-0.2, -0.15) is 0 Å². The molecule has 0 aliphatic heterocycles. The van der Waals surface area contributed by atoms with Crippen LogP contribution in [0.25, 0.3) is 0 Å². The lowest BCUT2D eigenvalue weighted by Gasteiger charge is -2.17. The van der Waals surface area contributed by atoms with Crippen LogP contribution in [0.15, 0.2) is 0 Å². The maximum atomic E-state index is 10.4. The van der Waals surface area contributed by atoms with E-state index in [2.05, 4.69) is 6.92 Å². The maximum absolute atomic E-state index is 10.4. The van der Waals surface area contributed by atoms with Gasteiger partial charge in [0.25, 0.3) is 0 Å². The zero-order chi connectivity index (χ0) is 7.56. The van der Waals surface area contributed by atoms with Crippen molar-refractivity contribution in [2.24, 2.45) is 17.8 Å². The van der Waals surface area contributed by atoms with Gasteiger partial charge in [-0.1, -0.05) is 26.7 Å². The summed E-state index contributed by atoms with van der Waals surface area (Å²) in [5.74, 6) is 1.75. The zero-order valence-electron chi connectivity index (χ0n) is 6.84. The summed E-state index contributed by atoms with van der Waals surface area (Å²) in [5, 5.41) is 0. The van der Waals surface area contributed by atoms with Crippen molar-refractivity contribution in [3.05, 3.63) is 0 Å². The van der Waals surface area contributed by atoms with Gasteiger partial charge in [0.1, 0.15) is 6.29 Å². The van der Waals surface area contributed by atoms with E-state index in [1.807, 2.05) is 6.92 Å². The molecule has 1 saturated carbocycles. The van der Waals surface area contributed by atoms with Gasteiger partial charge in [0.15, 0.2) is 0 Å². The Bertz CT molecular complexity index is 120. The third-order valence-corrected chi connectivity index (χ3v) is 2.82. The molecule has 1 fully saturated rings. The molecule has 0 amide bonds. The molecular formula is C9H16O. The van der Waals surface area contributed by atoms with Crippen molar-refractivity contribution in [2.45, 2.75) is 33.1 Å². The second-order valence-corrected chi connectivity index (χ2v) is 3.57. The van der Waals surface area contributed by atoms with E-state index in [4.69, 9.17) is 0 Å². The highest BCUT2D eigenvalue weighted by Crippen LogP contribution is 2.35. The van der Waals surface area contributed by atoms with E-state index in [-0.39, 0.29) is 5.92 Å². The minimum Gasteiger partial charge on any atom is -0.303 e. The normalized spacial score (nSPS) is 35.8. The maximum Gasteiger partial charge on any atom is 0.123 e. The van der Waals surface area contributed by atoms with Crippen LogP contribution in [-0.2, 0) is 4.79 Å². The standard InChI is InChI=1S/C9H16O/c1-7-4-3-5-9(7)8(2)6-10/h6-9H,3-5H2,1-2H3/t7-,8-,9+/m1/s1. The van der Waals surface area contributed by atoms with Crippen molar-refractivity contribution < 1.29 is 4.79 Å². The van der Waals surface area contributed by atoms with Gasteiger partial charge in [-0.25, -0.2) is 0 Å². The van der Waals surface area contributed by atoms with Crippen molar-refractivity contribution in [2.75, 3.05) is 0 Å². The molecule has 0 unspecified atom stereocenters. The SMILES string of the molecule is C[C@H](C=O)[C@H]1CCC[C@H]1C. The number of hydrogen-bond acceptors (Lipinski definition) is 1. The Morgan fingerprint density at radius 3 is 2.60 bits per heavy atom. The van der Waals surface area contributed by atoms with Crippen LogP contribution in [0, 0.1) is 17.8 Å². The largest absolute Gasteiger partial charge is 0.303 e. The molecule has 0 radical (unpaired) electrons. The highest BCUT2D eigenvalue weighted by atomic mass is 16.1. The van der Waals surface area contributed by atoms with Crippen LogP contribution >= 0.6 is 0 Å². The first kappa shape index (κ1) is 7.77. The molecule has 0 heterocycles. The molecule has 0 aromatic heterocycles. The van der Waals surface area contributed by atoms with Crippen LogP contribution in [0.1, 0.15) is 33.1 Å². The lowest BCUT2D eigenvalue weighted by atomic mass is 9.87. The van der Waals surface area contributed by atoms with E-state index < -0.39 is 0 Å². The Morgan fingerprint density at radius 2 is 2.20 bits per heavy atom. The Kier molecular flexibility index (Phi) is 2.47. The first-order chi connectivity index (χ1) is 4.75. The highest BCUT2D eigenvalue weighted by Gasteiger charge is 2.27. The first-order valence-corrected chi connectivity index (χ1v) is 4.21. The van der Waals surface area contributed by atoms with Crippen molar-refractivity contribution >= 4 is 6.29 Å². The summed E-state index contributed by atoms with van der Waals surface area (Å²) < 4.78 is 0. The molecule has 0 saturated heterocycles. The van der Waals surface area contributed by atoms with E-state index in [9.17, 15) is 4.79 Å². The van der Waals surface area contributed by atoms with E-state index in [1.54, 1.807) is 0 Å². The van der Waals surface area contributed by atoms with Gasteiger partial charge in [-0.3, -0.25) is 0 Å². The highest BCUT2D eigenvalue weighted by molar-refractivity contribution is 5.53. The quantitative estimate of drug-likeness (QED) is 0.538. The average Bonchev–Trinajstić information content (AvgIpc) is 2.34. The topological polar surface area (TPSA) is 17.1 Å². The fourth-order valence-electron chi connectivity index (χ4n) is 2.06. The predicted octanol–water partition coefficient (Wildman–Crippen LogP) is 2.26. The summed E-state index contributed by atoms with van der Waals surface area (Å²) >= 11 is 0. The number of aldehydes is 1. The minimum absolute atomic E-state index is 0.289. The minimum atomic E-state index is 0.289. The lowest BCUT2D eigenvalue weighted by molar-refractivity contribution is -0.112. The summed E-state index contributed by atoms with van der Waals surface area (Å²) in [6, 6.07) is 0. The molecule has 1 aliphatic rings. The second kappa shape index (κ2) is 3.18. The van der Waals surface area contributed by atoms with Gasteiger partial charge in [0, 0.05) is 5.92 Å². The van der Waals surface area contributed by atoms with E-state index in [0.717, 1.165) is 12.2 Å². The molecule has 10 heavy (non-hydrogen) atoms. The van der Waals surface area contributed by atoms with Crippen LogP contribution < -0.4 is 0 Å². The zero-order valence-corrected chi connectivity index (χ0v) is 6.84. The smallest absolute Gasteiger partial charge is 0.123 e. The molecule has 3 atom stereocenters. The number of hydrogen-bond donors (Lipinski definition) is 0. The molecule has 1 heteroatoms. The Hall–Kier alpha value is -0.330. The predicted molar refractivity (Wildman–Crippen MR) is 41.7 cm³/mol. The molecule has 0 bridgehead atoms. The summed E-state index contributed by atoms with van der Waals surface area (Å²) in [5.41, 5.74) is 0. The van der Waals surface area contributed by atoms with E-state index in [0.29, 0.717) is 5.92 Å². The number of carbonyl (C=O) groups is 1. The van der Waals surface area contributed by atoms with Crippen LogP contribution in [0.4, 0.5) is 0 Å². The van der Waals surface area contributed by atoms with Crippen molar-refractivity contribution in [3.8, 4) is 0 Å². The van der Waals surface area contributed by atoms with Crippen molar-refractivity contribution in [1.29, 1.82) is 0 Å². The molecule has 58 valence electrons. The van der Waals surface area contributed by atoms with Crippen LogP contribution in [-0.4, -0.2) is 6.29 Å². The van der Waals surface area contributed by atoms with Gasteiger partial charge >= 0.3 is 0 Å². The molecule has 0 N–H and O–H groups in total. The van der Waals surface area contributed by atoms with Crippen molar-refractivity contribution in [3.63, 3.8) is 0 Å². The Balaban J connectivity index is 2.46. The van der Waals surface area contributed by atoms with Crippen LogP contribution in [0.2, 0.25) is 0 Å². The van der Waals surface area contributed by atoms with Gasteiger partial charge in [0.2, 0.25) is 0 Å². The Labute approximate surface area is 62.8 Å². The Morgan fingerprint density at radius 1 is 1.50 bits per heavy atom. The molecule has 0 aromatic rings. The summed E-state index contributed by atoms with van der Waals surface area (Å²) in [6.45, 7) is 4.30. The monoisotopic (exact) mass is 140 g/mol. The average molecular weight is 140 g/mol. The summed E-state index contributed by atoms with van der Waals surface area (Å²) in [7, 11) is 0.